The van der Waals surface area contributed by atoms with E-state index in [9.17, 15) is 4.79 Å². The van der Waals surface area contributed by atoms with Crippen molar-refractivity contribution in [1.29, 1.82) is 0 Å². The monoisotopic (exact) mass is 332 g/mol. The molecule has 1 amide bonds. The number of amides is 1. The van der Waals surface area contributed by atoms with Crippen LogP contribution in [0.15, 0.2) is 16.5 Å². The molecule has 0 saturated heterocycles. The predicted octanol–water partition coefficient (Wildman–Crippen LogP) is 2.91. The van der Waals surface area contributed by atoms with Gasteiger partial charge in [0.1, 0.15) is 11.4 Å². The van der Waals surface area contributed by atoms with E-state index in [2.05, 4.69) is 5.32 Å². The van der Waals surface area contributed by atoms with Gasteiger partial charge in [-0.25, -0.2) is 4.79 Å². The SMILES string of the molecule is COCCN(CCNCc1ccc(Cl)o1)C(=O)OC(C)(C)C. The summed E-state index contributed by atoms with van der Waals surface area (Å²) in [5, 5.41) is 3.56. The molecule has 1 heterocycles. The fourth-order valence-electron chi connectivity index (χ4n) is 1.69. The van der Waals surface area contributed by atoms with Crippen molar-refractivity contribution in [2.75, 3.05) is 33.4 Å². The number of nitrogens with one attached hydrogen (secondary N) is 1. The molecule has 0 bridgehead atoms. The van der Waals surface area contributed by atoms with Gasteiger partial charge in [-0.05, 0) is 44.5 Å². The van der Waals surface area contributed by atoms with Crippen molar-refractivity contribution in [3.8, 4) is 0 Å². The molecule has 0 aliphatic heterocycles. The van der Waals surface area contributed by atoms with Gasteiger partial charge < -0.3 is 24.1 Å². The molecule has 0 spiro atoms. The van der Waals surface area contributed by atoms with Crippen molar-refractivity contribution in [2.45, 2.75) is 32.9 Å². The first-order valence-corrected chi connectivity index (χ1v) is 7.61. The van der Waals surface area contributed by atoms with Crippen molar-refractivity contribution < 1.29 is 18.7 Å². The van der Waals surface area contributed by atoms with Crippen LogP contribution in [0.1, 0.15) is 26.5 Å². The third-order valence-electron chi connectivity index (χ3n) is 2.70. The van der Waals surface area contributed by atoms with Crippen molar-refractivity contribution in [3.63, 3.8) is 0 Å². The first-order chi connectivity index (χ1) is 10.3. The summed E-state index contributed by atoms with van der Waals surface area (Å²) in [6.45, 7) is 8.18. The standard InChI is InChI=1S/C15H25ClN2O4/c1-15(2,3)22-14(19)18(9-10-20-4)8-7-17-11-12-5-6-13(16)21-12/h5-6,17H,7-11H2,1-4H3. The molecular weight excluding hydrogens is 308 g/mol. The molecule has 0 saturated carbocycles. The van der Waals surface area contributed by atoms with Gasteiger partial charge in [0.2, 0.25) is 0 Å². The van der Waals surface area contributed by atoms with Gasteiger partial charge in [0.25, 0.3) is 0 Å². The molecule has 6 nitrogen and oxygen atoms in total. The quantitative estimate of drug-likeness (QED) is 0.741. The summed E-state index contributed by atoms with van der Waals surface area (Å²) >= 11 is 5.71. The van der Waals surface area contributed by atoms with E-state index in [1.165, 1.54) is 0 Å². The number of rotatable bonds is 8. The first kappa shape index (κ1) is 18.8. The van der Waals surface area contributed by atoms with Crippen LogP contribution in [0, 0.1) is 0 Å². The summed E-state index contributed by atoms with van der Waals surface area (Å²) in [4.78, 5) is 13.7. The molecule has 1 N–H and O–H groups in total. The lowest BCUT2D eigenvalue weighted by Gasteiger charge is -2.27. The van der Waals surface area contributed by atoms with E-state index in [4.69, 9.17) is 25.5 Å². The summed E-state index contributed by atoms with van der Waals surface area (Å²) in [5.41, 5.74) is -0.513. The van der Waals surface area contributed by atoms with Crippen molar-refractivity contribution >= 4 is 17.7 Å². The number of hydrogen-bond donors (Lipinski definition) is 1. The molecule has 1 rings (SSSR count). The minimum absolute atomic E-state index is 0.340. The zero-order valence-electron chi connectivity index (χ0n) is 13.6. The Bertz CT molecular complexity index is 457. The van der Waals surface area contributed by atoms with E-state index in [1.54, 1.807) is 18.1 Å². The average Bonchev–Trinajstić information content (AvgIpc) is 2.81. The van der Waals surface area contributed by atoms with E-state index in [-0.39, 0.29) is 6.09 Å². The highest BCUT2D eigenvalue weighted by Crippen LogP contribution is 2.12. The van der Waals surface area contributed by atoms with Gasteiger partial charge in [-0.1, -0.05) is 0 Å². The highest BCUT2D eigenvalue weighted by atomic mass is 35.5. The first-order valence-electron chi connectivity index (χ1n) is 7.23. The molecule has 126 valence electrons. The second-order valence-electron chi connectivity index (χ2n) is 5.84. The fraction of sp³-hybridized carbons (Fsp3) is 0.667. The Morgan fingerprint density at radius 2 is 2.09 bits per heavy atom. The summed E-state index contributed by atoms with van der Waals surface area (Å²) in [5.74, 6) is 0.755. The van der Waals surface area contributed by atoms with Crippen molar-refractivity contribution in [2.24, 2.45) is 0 Å². The van der Waals surface area contributed by atoms with Gasteiger partial charge in [-0.2, -0.15) is 0 Å². The molecule has 0 aromatic carbocycles. The molecule has 0 atom stereocenters. The summed E-state index contributed by atoms with van der Waals surface area (Å²) in [6, 6.07) is 3.51. The van der Waals surface area contributed by atoms with Crippen LogP contribution in [0.5, 0.6) is 0 Å². The highest BCUT2D eigenvalue weighted by molar-refractivity contribution is 6.28. The predicted molar refractivity (Wildman–Crippen MR) is 85.1 cm³/mol. The molecule has 1 aromatic heterocycles. The van der Waals surface area contributed by atoms with Crippen LogP contribution in [-0.4, -0.2) is 49.9 Å². The number of ether oxygens (including phenoxy) is 2. The number of carbonyl (C=O) groups is 1. The molecule has 0 unspecified atom stereocenters. The van der Waals surface area contributed by atoms with Crippen LogP contribution in [0.3, 0.4) is 0 Å². The fourth-order valence-corrected chi connectivity index (χ4v) is 1.86. The Balaban J connectivity index is 2.38. The Morgan fingerprint density at radius 3 is 2.64 bits per heavy atom. The number of hydrogen-bond acceptors (Lipinski definition) is 5. The summed E-state index contributed by atoms with van der Waals surface area (Å²) in [7, 11) is 1.60. The maximum atomic E-state index is 12.1. The van der Waals surface area contributed by atoms with E-state index in [1.807, 2.05) is 26.8 Å². The third-order valence-corrected chi connectivity index (χ3v) is 2.91. The van der Waals surface area contributed by atoms with Crippen LogP contribution < -0.4 is 5.32 Å². The van der Waals surface area contributed by atoms with Crippen LogP contribution in [0.25, 0.3) is 0 Å². The van der Waals surface area contributed by atoms with Gasteiger partial charge in [0.05, 0.1) is 13.2 Å². The number of nitrogens with zero attached hydrogens (tertiary/aromatic N) is 1. The van der Waals surface area contributed by atoms with Crippen LogP contribution in [0.4, 0.5) is 4.79 Å². The molecule has 1 aromatic rings. The van der Waals surface area contributed by atoms with Crippen LogP contribution in [0.2, 0.25) is 5.22 Å². The summed E-state index contributed by atoms with van der Waals surface area (Å²) in [6.07, 6.45) is -0.340. The minimum Gasteiger partial charge on any atom is -0.448 e. The van der Waals surface area contributed by atoms with E-state index < -0.39 is 5.60 Å². The maximum Gasteiger partial charge on any atom is 0.410 e. The lowest BCUT2D eigenvalue weighted by molar-refractivity contribution is 0.0204. The Labute approximate surface area is 136 Å². The molecule has 0 radical (unpaired) electrons. The largest absolute Gasteiger partial charge is 0.448 e. The molecule has 0 aliphatic carbocycles. The van der Waals surface area contributed by atoms with Gasteiger partial charge in [-0.15, -0.1) is 0 Å². The zero-order chi connectivity index (χ0) is 16.6. The average molecular weight is 333 g/mol. The van der Waals surface area contributed by atoms with Crippen LogP contribution >= 0.6 is 11.6 Å². The van der Waals surface area contributed by atoms with E-state index in [0.29, 0.717) is 38.0 Å². The molecule has 22 heavy (non-hydrogen) atoms. The van der Waals surface area contributed by atoms with Crippen molar-refractivity contribution in [1.82, 2.24) is 10.2 Å². The van der Waals surface area contributed by atoms with E-state index >= 15 is 0 Å². The number of halogens is 1. The number of carbonyl (C=O) groups excluding carboxylic acids is 1. The second kappa shape index (κ2) is 9.02. The normalized spacial score (nSPS) is 11.5. The zero-order valence-corrected chi connectivity index (χ0v) is 14.4. The highest BCUT2D eigenvalue weighted by Gasteiger charge is 2.21. The van der Waals surface area contributed by atoms with Gasteiger partial charge >= 0.3 is 6.09 Å². The van der Waals surface area contributed by atoms with Gasteiger partial charge in [0, 0.05) is 26.7 Å². The number of methoxy groups -OCH3 is 1. The van der Waals surface area contributed by atoms with Gasteiger partial charge in [-0.3, -0.25) is 0 Å². The third kappa shape index (κ3) is 7.68. The topological polar surface area (TPSA) is 63.9 Å². The summed E-state index contributed by atoms with van der Waals surface area (Å²) < 4.78 is 15.7. The lowest BCUT2D eigenvalue weighted by atomic mass is 10.2. The Hall–Kier alpha value is -1.24. The minimum atomic E-state index is -0.513. The van der Waals surface area contributed by atoms with Gasteiger partial charge in [0.15, 0.2) is 5.22 Å². The second-order valence-corrected chi connectivity index (χ2v) is 6.22. The lowest BCUT2D eigenvalue weighted by Crippen LogP contribution is -2.42. The number of furan rings is 1. The van der Waals surface area contributed by atoms with Crippen molar-refractivity contribution in [3.05, 3.63) is 23.1 Å². The molecular formula is C15H25ClN2O4. The Morgan fingerprint density at radius 1 is 1.36 bits per heavy atom. The maximum absolute atomic E-state index is 12.1. The molecule has 0 fully saturated rings. The Kier molecular flexibility index (Phi) is 7.72. The van der Waals surface area contributed by atoms with Crippen LogP contribution in [-0.2, 0) is 16.0 Å². The molecule has 7 heteroatoms. The molecule has 0 aliphatic rings. The smallest absolute Gasteiger partial charge is 0.410 e. The van der Waals surface area contributed by atoms with E-state index in [0.717, 1.165) is 5.76 Å².